The Kier molecular flexibility index (Phi) is 5.22. The molecule has 3 heteroatoms. The highest BCUT2D eigenvalue weighted by atomic mass is 28.4. The summed E-state index contributed by atoms with van der Waals surface area (Å²) >= 11 is 0. The Morgan fingerprint density at radius 2 is 1.32 bits per heavy atom. The van der Waals surface area contributed by atoms with E-state index in [2.05, 4.69) is 69.3 Å². The monoisotopic (exact) mass is 314 g/mol. The van der Waals surface area contributed by atoms with Gasteiger partial charge in [0.05, 0.1) is 12.7 Å². The minimum absolute atomic E-state index is 0.0371. The van der Waals surface area contributed by atoms with Crippen LogP contribution in [0.3, 0.4) is 0 Å². The molecule has 0 aromatic heterocycles. The van der Waals surface area contributed by atoms with Crippen LogP contribution in [0, 0.1) is 0 Å². The van der Waals surface area contributed by atoms with Crippen molar-refractivity contribution >= 4 is 18.7 Å². The maximum absolute atomic E-state index is 9.77. The molecule has 0 aliphatic rings. The number of hydrogen-bond acceptors (Lipinski definition) is 2. The van der Waals surface area contributed by atoms with Crippen LogP contribution in [0.4, 0.5) is 0 Å². The van der Waals surface area contributed by atoms with E-state index in [1.807, 2.05) is 12.1 Å². The topological polar surface area (TPSA) is 29.5 Å². The second-order valence-corrected chi connectivity index (χ2v) is 11.1. The van der Waals surface area contributed by atoms with Crippen LogP contribution in [0.2, 0.25) is 5.04 Å². The molecule has 1 N–H and O–H groups in total. The maximum Gasteiger partial charge on any atom is 0.261 e. The zero-order chi connectivity index (χ0) is 16.2. The van der Waals surface area contributed by atoms with Gasteiger partial charge in [-0.05, 0) is 22.3 Å². The van der Waals surface area contributed by atoms with E-state index in [4.69, 9.17) is 4.43 Å². The quantitative estimate of drug-likeness (QED) is 0.860. The molecule has 2 nitrogen and oxygen atoms in total. The van der Waals surface area contributed by atoms with E-state index >= 15 is 0 Å². The van der Waals surface area contributed by atoms with E-state index in [9.17, 15) is 5.11 Å². The SMILES string of the molecule is C[C@H](O)CO[Si](c1ccccc1)(c1ccccc1)C(C)(C)C. The van der Waals surface area contributed by atoms with Crippen molar-refractivity contribution in [2.45, 2.75) is 38.8 Å². The van der Waals surface area contributed by atoms with Gasteiger partial charge in [0.15, 0.2) is 0 Å². The van der Waals surface area contributed by atoms with Gasteiger partial charge in [-0.1, -0.05) is 81.4 Å². The van der Waals surface area contributed by atoms with Gasteiger partial charge >= 0.3 is 0 Å². The van der Waals surface area contributed by atoms with E-state index in [-0.39, 0.29) is 5.04 Å². The van der Waals surface area contributed by atoms with E-state index in [1.54, 1.807) is 6.92 Å². The first-order valence-electron chi connectivity index (χ1n) is 7.81. The van der Waals surface area contributed by atoms with Crippen LogP contribution in [0.5, 0.6) is 0 Å². The second-order valence-electron chi connectivity index (χ2n) is 6.82. The van der Waals surface area contributed by atoms with Crippen molar-refractivity contribution in [2.75, 3.05) is 6.61 Å². The predicted molar refractivity (Wildman–Crippen MR) is 95.3 cm³/mol. The summed E-state index contributed by atoms with van der Waals surface area (Å²) in [6.45, 7) is 8.84. The molecule has 2 rings (SSSR count). The molecule has 0 saturated carbocycles. The van der Waals surface area contributed by atoms with Gasteiger partial charge in [0, 0.05) is 0 Å². The number of aliphatic hydroxyl groups is 1. The summed E-state index contributed by atoms with van der Waals surface area (Å²) < 4.78 is 6.52. The van der Waals surface area contributed by atoms with Gasteiger partial charge in [-0.15, -0.1) is 0 Å². The summed E-state index contributed by atoms with van der Waals surface area (Å²) in [7, 11) is -2.47. The van der Waals surface area contributed by atoms with Gasteiger partial charge in [-0.2, -0.15) is 0 Å². The first-order chi connectivity index (χ1) is 10.4. The lowest BCUT2D eigenvalue weighted by atomic mass is 10.2. The third kappa shape index (κ3) is 3.32. The Labute approximate surface area is 134 Å². The van der Waals surface area contributed by atoms with E-state index in [1.165, 1.54) is 10.4 Å². The van der Waals surface area contributed by atoms with Crippen LogP contribution in [0.15, 0.2) is 60.7 Å². The van der Waals surface area contributed by atoms with Crippen molar-refractivity contribution in [1.29, 1.82) is 0 Å². The van der Waals surface area contributed by atoms with Crippen molar-refractivity contribution in [2.24, 2.45) is 0 Å². The van der Waals surface area contributed by atoms with Gasteiger partial charge in [-0.3, -0.25) is 0 Å². The minimum Gasteiger partial charge on any atom is -0.405 e. The van der Waals surface area contributed by atoms with Gasteiger partial charge in [-0.25, -0.2) is 0 Å². The third-order valence-electron chi connectivity index (χ3n) is 3.96. The number of benzene rings is 2. The predicted octanol–water partition coefficient (Wildman–Crippen LogP) is 2.94. The molecule has 0 spiro atoms. The van der Waals surface area contributed by atoms with Crippen molar-refractivity contribution in [3.8, 4) is 0 Å². The van der Waals surface area contributed by atoms with Crippen molar-refractivity contribution in [3.63, 3.8) is 0 Å². The highest BCUT2D eigenvalue weighted by Gasteiger charge is 2.50. The molecule has 0 bridgehead atoms. The molecule has 118 valence electrons. The summed E-state index contributed by atoms with van der Waals surface area (Å²) in [6, 6.07) is 21.0. The van der Waals surface area contributed by atoms with Gasteiger partial charge in [0.2, 0.25) is 0 Å². The zero-order valence-corrected chi connectivity index (χ0v) is 14.9. The normalized spacial score (nSPS) is 13.9. The fourth-order valence-electron chi connectivity index (χ4n) is 3.01. The number of hydrogen-bond donors (Lipinski definition) is 1. The van der Waals surface area contributed by atoms with Crippen LogP contribution in [-0.4, -0.2) is 26.1 Å². The lowest BCUT2D eigenvalue weighted by Crippen LogP contribution is -2.67. The molecule has 0 fully saturated rings. The number of aliphatic hydroxyl groups excluding tert-OH is 1. The maximum atomic E-state index is 9.77. The third-order valence-corrected chi connectivity index (χ3v) is 8.96. The Balaban J connectivity index is 2.64. The van der Waals surface area contributed by atoms with Crippen LogP contribution in [-0.2, 0) is 4.43 Å². The molecule has 0 radical (unpaired) electrons. The molecule has 0 aliphatic carbocycles. The molecule has 1 atom stereocenters. The van der Waals surface area contributed by atoms with Gasteiger partial charge in [0.1, 0.15) is 0 Å². The molecule has 22 heavy (non-hydrogen) atoms. The lowest BCUT2D eigenvalue weighted by molar-refractivity contribution is 0.117. The highest BCUT2D eigenvalue weighted by molar-refractivity contribution is 6.99. The molecule has 0 amide bonds. The van der Waals surface area contributed by atoms with E-state index in [0.717, 1.165) is 0 Å². The molecule has 0 aliphatic heterocycles. The Morgan fingerprint density at radius 3 is 1.64 bits per heavy atom. The van der Waals surface area contributed by atoms with E-state index in [0.29, 0.717) is 6.61 Å². The summed E-state index contributed by atoms with van der Waals surface area (Å²) in [5.74, 6) is 0. The summed E-state index contributed by atoms with van der Waals surface area (Å²) in [5.41, 5.74) is 0. The van der Waals surface area contributed by atoms with Crippen molar-refractivity contribution in [3.05, 3.63) is 60.7 Å². The van der Waals surface area contributed by atoms with Crippen LogP contribution in [0.25, 0.3) is 0 Å². The standard InChI is InChI=1S/C19H26O2Si/c1-16(20)15-21-22(19(2,3)4,17-11-7-5-8-12-17)18-13-9-6-10-14-18/h5-14,16,20H,15H2,1-4H3/t16-/m0/s1. The average molecular weight is 315 g/mol. The minimum atomic E-state index is -2.47. The Bertz CT molecular complexity index is 534. The van der Waals surface area contributed by atoms with Gasteiger partial charge < -0.3 is 9.53 Å². The molecule has 2 aromatic rings. The van der Waals surface area contributed by atoms with Crippen LogP contribution >= 0.6 is 0 Å². The van der Waals surface area contributed by atoms with E-state index < -0.39 is 14.4 Å². The van der Waals surface area contributed by atoms with Crippen LogP contribution in [0.1, 0.15) is 27.7 Å². The number of rotatable bonds is 5. The van der Waals surface area contributed by atoms with Crippen molar-refractivity contribution < 1.29 is 9.53 Å². The van der Waals surface area contributed by atoms with Gasteiger partial charge in [0.25, 0.3) is 8.32 Å². The van der Waals surface area contributed by atoms with Crippen molar-refractivity contribution in [1.82, 2.24) is 0 Å². The Morgan fingerprint density at radius 1 is 0.909 bits per heavy atom. The molecule has 0 heterocycles. The fourth-order valence-corrected chi connectivity index (χ4v) is 7.65. The lowest BCUT2D eigenvalue weighted by Gasteiger charge is -2.43. The molecule has 2 aromatic carbocycles. The molecule has 0 saturated heterocycles. The molecular weight excluding hydrogens is 288 g/mol. The van der Waals surface area contributed by atoms with Crippen LogP contribution < -0.4 is 10.4 Å². The molecular formula is C19H26O2Si. The fraction of sp³-hybridized carbons (Fsp3) is 0.368. The summed E-state index contributed by atoms with van der Waals surface area (Å²) in [6.07, 6.45) is -0.471. The summed E-state index contributed by atoms with van der Waals surface area (Å²) in [4.78, 5) is 0. The second kappa shape index (κ2) is 6.78. The first kappa shape index (κ1) is 16.9. The Hall–Kier alpha value is -1.42. The summed E-state index contributed by atoms with van der Waals surface area (Å²) in [5, 5.41) is 12.2. The average Bonchev–Trinajstić information content (AvgIpc) is 2.48. The smallest absolute Gasteiger partial charge is 0.261 e. The zero-order valence-electron chi connectivity index (χ0n) is 13.9. The molecule has 0 unspecified atom stereocenters. The first-order valence-corrected chi connectivity index (χ1v) is 9.72. The highest BCUT2D eigenvalue weighted by Crippen LogP contribution is 2.36. The largest absolute Gasteiger partial charge is 0.405 e.